The molecule has 6 nitrogen and oxygen atoms in total. The Morgan fingerprint density at radius 1 is 1.20 bits per heavy atom. The van der Waals surface area contributed by atoms with Crippen molar-refractivity contribution in [1.29, 1.82) is 0 Å². The Morgan fingerprint density at radius 3 is 2.52 bits per heavy atom. The molecule has 1 radical (unpaired) electrons. The van der Waals surface area contributed by atoms with E-state index in [-0.39, 0.29) is 17.9 Å². The Morgan fingerprint density at radius 2 is 1.88 bits per heavy atom. The van der Waals surface area contributed by atoms with E-state index in [0.717, 1.165) is 9.87 Å². The molecule has 0 aliphatic carbocycles. The van der Waals surface area contributed by atoms with Crippen molar-refractivity contribution in [3.63, 3.8) is 0 Å². The minimum absolute atomic E-state index is 0.0186. The van der Waals surface area contributed by atoms with Gasteiger partial charge in [0.2, 0.25) is 10.0 Å². The molecule has 1 aliphatic rings. The Balaban J connectivity index is 1.76. The molecule has 0 unspecified atom stereocenters. The van der Waals surface area contributed by atoms with Crippen molar-refractivity contribution in [2.24, 2.45) is 0 Å². The summed E-state index contributed by atoms with van der Waals surface area (Å²) in [7, 11) is -3.90. The van der Waals surface area contributed by atoms with Gasteiger partial charge in [-0.1, -0.05) is 42.5 Å². The van der Waals surface area contributed by atoms with E-state index in [1.165, 1.54) is 24.3 Å². The third-order valence-electron chi connectivity index (χ3n) is 4.13. The Hall–Kier alpha value is -2.22. The van der Waals surface area contributed by atoms with E-state index in [2.05, 4.69) is 6.07 Å². The van der Waals surface area contributed by atoms with Crippen LogP contribution in [0.2, 0.25) is 0 Å². The molecule has 1 aliphatic heterocycles. The quantitative estimate of drug-likeness (QED) is 0.851. The smallest absolute Gasteiger partial charge is 0.322 e. The molecule has 1 N–H and O–H groups in total. The van der Waals surface area contributed by atoms with Crippen LogP contribution in [-0.4, -0.2) is 42.5 Å². The highest BCUT2D eigenvalue weighted by Crippen LogP contribution is 2.28. The van der Waals surface area contributed by atoms with Gasteiger partial charge >= 0.3 is 5.97 Å². The van der Waals surface area contributed by atoms with E-state index in [1.807, 2.05) is 30.3 Å². The van der Waals surface area contributed by atoms with Gasteiger partial charge < -0.3 is 9.84 Å². The summed E-state index contributed by atoms with van der Waals surface area (Å²) in [6, 6.07) is 16.9. The summed E-state index contributed by atoms with van der Waals surface area (Å²) >= 11 is 0. The molecular formula is C18H18NO5S. The van der Waals surface area contributed by atoms with Gasteiger partial charge in [-0.05, 0) is 23.8 Å². The zero-order chi connectivity index (χ0) is 17.9. The van der Waals surface area contributed by atoms with E-state index in [0.29, 0.717) is 6.61 Å². The summed E-state index contributed by atoms with van der Waals surface area (Å²) in [5.74, 6) is -1.17. The molecule has 0 aromatic heterocycles. The van der Waals surface area contributed by atoms with Crippen LogP contribution >= 0.6 is 0 Å². The third-order valence-corrected chi connectivity index (χ3v) is 6.01. The van der Waals surface area contributed by atoms with E-state index >= 15 is 0 Å². The second kappa shape index (κ2) is 7.35. The number of aliphatic carboxylic acids is 1. The van der Waals surface area contributed by atoms with Crippen LogP contribution in [0.5, 0.6) is 0 Å². The minimum atomic E-state index is -3.90. The minimum Gasteiger partial charge on any atom is -0.480 e. The van der Waals surface area contributed by atoms with Crippen LogP contribution in [0.3, 0.4) is 0 Å². The number of benzene rings is 2. The predicted octanol–water partition coefficient (Wildman–Crippen LogP) is 1.92. The highest BCUT2D eigenvalue weighted by atomic mass is 32.2. The monoisotopic (exact) mass is 360 g/mol. The van der Waals surface area contributed by atoms with Crippen molar-refractivity contribution < 1.29 is 23.1 Å². The molecule has 0 spiro atoms. The van der Waals surface area contributed by atoms with Crippen molar-refractivity contribution in [3.8, 4) is 0 Å². The molecule has 2 aromatic rings. The van der Waals surface area contributed by atoms with Crippen LogP contribution in [0.15, 0.2) is 59.5 Å². The van der Waals surface area contributed by atoms with E-state index < -0.39 is 28.1 Å². The normalized spacial score (nSPS) is 21.3. The molecule has 131 valence electrons. The van der Waals surface area contributed by atoms with Gasteiger partial charge in [-0.15, -0.1) is 0 Å². The average Bonchev–Trinajstić information content (AvgIpc) is 3.07. The maximum Gasteiger partial charge on any atom is 0.322 e. The molecular weight excluding hydrogens is 342 g/mol. The summed E-state index contributed by atoms with van der Waals surface area (Å²) in [6.45, 7) is 0.330. The van der Waals surface area contributed by atoms with Gasteiger partial charge in [0, 0.05) is 13.0 Å². The molecule has 1 fully saturated rings. The molecule has 1 saturated heterocycles. The maximum atomic E-state index is 12.8. The van der Waals surface area contributed by atoms with Gasteiger partial charge in [0.25, 0.3) is 0 Å². The first-order chi connectivity index (χ1) is 12.0. The zero-order valence-electron chi connectivity index (χ0n) is 13.4. The summed E-state index contributed by atoms with van der Waals surface area (Å²) in [5.41, 5.74) is 0.953. The number of hydrogen-bond donors (Lipinski definition) is 1. The van der Waals surface area contributed by atoms with Gasteiger partial charge in [0.1, 0.15) is 6.04 Å². The highest BCUT2D eigenvalue weighted by molar-refractivity contribution is 7.89. The molecule has 0 saturated carbocycles. The van der Waals surface area contributed by atoms with Gasteiger partial charge in [-0.25, -0.2) is 8.42 Å². The SMILES string of the molecule is O=C(O)[C@@H]1C[C@@H](OCc2ccccc2)CN1S(=O)(=O)c1cc[c]cc1. The first-order valence-electron chi connectivity index (χ1n) is 7.85. The lowest BCUT2D eigenvalue weighted by molar-refractivity contribution is -0.140. The highest BCUT2D eigenvalue weighted by Gasteiger charge is 2.44. The van der Waals surface area contributed by atoms with E-state index in [1.54, 1.807) is 0 Å². The lowest BCUT2D eigenvalue weighted by atomic mass is 10.2. The summed E-state index contributed by atoms with van der Waals surface area (Å²) < 4.78 is 32.3. The number of carbonyl (C=O) groups is 1. The lowest BCUT2D eigenvalue weighted by Crippen LogP contribution is -2.40. The number of nitrogens with zero attached hydrogens (tertiary/aromatic N) is 1. The lowest BCUT2D eigenvalue weighted by Gasteiger charge is -2.20. The summed E-state index contributed by atoms with van der Waals surface area (Å²) in [4.78, 5) is 11.6. The molecule has 3 rings (SSSR count). The number of carboxylic acid groups (broad SMARTS) is 1. The first-order valence-corrected chi connectivity index (χ1v) is 9.29. The number of rotatable bonds is 6. The molecule has 25 heavy (non-hydrogen) atoms. The Bertz CT molecular complexity index is 823. The number of sulfonamides is 1. The standard InChI is InChI=1S/C18H18NO5S/c20-18(21)17-11-15(24-13-14-7-3-1-4-8-14)12-19(17)25(22,23)16-9-5-2-6-10-16/h1,3-10,15,17H,11-13H2,(H,20,21)/t15-,17+/m1/s1. The zero-order valence-corrected chi connectivity index (χ0v) is 14.2. The average molecular weight is 360 g/mol. The van der Waals surface area contributed by atoms with Gasteiger partial charge in [0.15, 0.2) is 0 Å². The van der Waals surface area contributed by atoms with Crippen LogP contribution in [0.4, 0.5) is 0 Å². The Kier molecular flexibility index (Phi) is 5.17. The molecule has 1 heterocycles. The first kappa shape index (κ1) is 17.6. The van der Waals surface area contributed by atoms with Gasteiger partial charge in [-0.3, -0.25) is 4.79 Å². The van der Waals surface area contributed by atoms with Gasteiger partial charge in [0.05, 0.1) is 17.6 Å². The molecule has 2 aromatic carbocycles. The predicted molar refractivity (Wildman–Crippen MR) is 90.2 cm³/mol. The Labute approximate surface area is 146 Å². The van der Waals surface area contributed by atoms with Gasteiger partial charge in [-0.2, -0.15) is 4.31 Å². The van der Waals surface area contributed by atoms with Crippen LogP contribution in [-0.2, 0) is 26.2 Å². The third kappa shape index (κ3) is 3.89. The van der Waals surface area contributed by atoms with Crippen LogP contribution < -0.4 is 0 Å². The maximum absolute atomic E-state index is 12.8. The van der Waals surface area contributed by atoms with Crippen LogP contribution in [0.1, 0.15) is 12.0 Å². The number of hydrogen-bond acceptors (Lipinski definition) is 4. The largest absolute Gasteiger partial charge is 0.480 e. The van der Waals surface area contributed by atoms with Crippen molar-refractivity contribution in [3.05, 3.63) is 66.2 Å². The fourth-order valence-corrected chi connectivity index (χ4v) is 4.47. The second-order valence-corrected chi connectivity index (χ2v) is 7.71. The second-order valence-electron chi connectivity index (χ2n) is 5.82. The fraction of sp³-hybridized carbons (Fsp3) is 0.278. The molecule has 2 atom stereocenters. The van der Waals surface area contributed by atoms with Crippen molar-refractivity contribution >= 4 is 16.0 Å². The van der Waals surface area contributed by atoms with Crippen molar-refractivity contribution in [1.82, 2.24) is 4.31 Å². The van der Waals surface area contributed by atoms with E-state index in [9.17, 15) is 18.3 Å². The summed E-state index contributed by atoms with van der Waals surface area (Å²) in [6.07, 6.45) is -0.341. The topological polar surface area (TPSA) is 83.9 Å². The van der Waals surface area contributed by atoms with Crippen LogP contribution in [0, 0.1) is 6.07 Å². The molecule has 0 amide bonds. The van der Waals surface area contributed by atoms with Crippen LogP contribution in [0.25, 0.3) is 0 Å². The molecule has 0 bridgehead atoms. The number of ether oxygens (including phenoxy) is 1. The van der Waals surface area contributed by atoms with Crippen molar-refractivity contribution in [2.45, 2.75) is 30.1 Å². The van der Waals surface area contributed by atoms with Crippen molar-refractivity contribution in [2.75, 3.05) is 6.54 Å². The molecule has 7 heteroatoms. The van der Waals surface area contributed by atoms with E-state index in [4.69, 9.17) is 4.74 Å². The fourth-order valence-electron chi connectivity index (χ4n) is 2.85. The number of carboxylic acids is 1. The summed E-state index contributed by atoms with van der Waals surface area (Å²) in [5, 5.41) is 9.43.